The first-order chi connectivity index (χ1) is 30.1. The lowest BCUT2D eigenvalue weighted by atomic mass is 10.0. The summed E-state index contributed by atoms with van der Waals surface area (Å²) in [4.78, 5) is 27.5. The molecule has 0 fully saturated rings. The summed E-state index contributed by atoms with van der Waals surface area (Å²) in [7, 11) is 0. The molecule has 362 valence electrons. The fourth-order valence-electron chi connectivity index (χ4n) is 8.84. The molecule has 1 aromatic carbocycles. The van der Waals surface area contributed by atoms with E-state index in [1.165, 1.54) is 268 Å². The van der Waals surface area contributed by atoms with Crippen molar-refractivity contribution in [3.63, 3.8) is 0 Å². The molecule has 0 saturated carbocycles. The smallest absolute Gasteiger partial charge is 0.283 e. The molecule has 0 atom stereocenters. The number of unbranched alkanes of at least 4 members (excludes halogenated alkanes) is 33. The highest BCUT2D eigenvalue weighted by atomic mass is 16.6. The second-order valence-corrected chi connectivity index (χ2v) is 18.5. The Labute approximate surface area is 380 Å². The SMILES string of the molecule is CCCCCCCCCCCCCCCCCC[N+](CCCCCCCCC)(CCCCCCCCC)CCCCCCCCC.O=[N+]([O-])c1cc([N+](=O)[O-])c([O-])c([N+](=O)[O-])c1. The lowest BCUT2D eigenvalue weighted by Crippen LogP contribution is -2.50. The first-order valence-electron chi connectivity index (χ1n) is 26.2. The maximum Gasteiger partial charge on any atom is 0.283 e. The van der Waals surface area contributed by atoms with Gasteiger partial charge in [-0.1, -0.05) is 214 Å². The molecule has 0 aliphatic carbocycles. The fourth-order valence-corrected chi connectivity index (χ4v) is 8.84. The van der Waals surface area contributed by atoms with Gasteiger partial charge in [0.25, 0.3) is 17.1 Å². The van der Waals surface area contributed by atoms with Crippen molar-refractivity contribution in [2.75, 3.05) is 26.2 Å². The highest BCUT2D eigenvalue weighted by Crippen LogP contribution is 2.37. The number of nitro benzene ring substituents is 3. The van der Waals surface area contributed by atoms with E-state index in [0.717, 1.165) is 0 Å². The second-order valence-electron chi connectivity index (χ2n) is 18.5. The highest BCUT2D eigenvalue weighted by Gasteiger charge is 2.26. The van der Waals surface area contributed by atoms with Crippen molar-refractivity contribution in [1.29, 1.82) is 0 Å². The molecule has 11 nitrogen and oxygen atoms in total. The molecule has 0 heterocycles. The van der Waals surface area contributed by atoms with Crippen LogP contribution in [0.15, 0.2) is 12.1 Å². The standard InChI is InChI=1S/C45H94N.C6H3N3O7/c1-5-9-13-17-21-22-23-24-25-26-27-28-29-33-37-41-45-46(42-38-34-30-18-14-10-6-2,43-39-35-31-19-15-11-7-3)44-40-36-32-20-16-12-8-4;10-6-4(8(13)14)1-3(7(11)12)2-5(6)9(15)16/h5-45H2,1-4H3;1-2,10H/q+1;/p-1. The molecule has 0 spiro atoms. The van der Waals surface area contributed by atoms with Gasteiger partial charge in [-0.2, -0.15) is 0 Å². The molecule has 0 unspecified atom stereocenters. The Morgan fingerprint density at radius 2 is 0.532 bits per heavy atom. The van der Waals surface area contributed by atoms with Gasteiger partial charge in [0.2, 0.25) is 0 Å². The summed E-state index contributed by atoms with van der Waals surface area (Å²) in [6.45, 7) is 15.3. The zero-order valence-electron chi connectivity index (χ0n) is 40.8. The van der Waals surface area contributed by atoms with E-state index in [2.05, 4.69) is 27.7 Å². The van der Waals surface area contributed by atoms with Gasteiger partial charge in [0.05, 0.1) is 58.8 Å². The molecule has 0 amide bonds. The Morgan fingerprint density at radius 3 is 0.710 bits per heavy atom. The molecule has 0 saturated heterocycles. The minimum absolute atomic E-state index is 0.384. The van der Waals surface area contributed by atoms with Gasteiger partial charge < -0.3 is 9.59 Å². The van der Waals surface area contributed by atoms with Gasteiger partial charge in [0.1, 0.15) is 0 Å². The third-order valence-electron chi connectivity index (χ3n) is 12.8. The van der Waals surface area contributed by atoms with Crippen LogP contribution in [0.25, 0.3) is 0 Å². The van der Waals surface area contributed by atoms with E-state index in [9.17, 15) is 35.4 Å². The van der Waals surface area contributed by atoms with Crippen molar-refractivity contribution in [2.24, 2.45) is 0 Å². The third-order valence-corrected chi connectivity index (χ3v) is 12.8. The van der Waals surface area contributed by atoms with Crippen LogP contribution in [-0.2, 0) is 0 Å². The number of nitrogens with zero attached hydrogens (tertiary/aromatic N) is 4. The number of nitro groups is 3. The first-order valence-corrected chi connectivity index (χ1v) is 26.2. The quantitative estimate of drug-likeness (QED) is 0.0274. The molecule has 0 aliphatic heterocycles. The van der Waals surface area contributed by atoms with E-state index in [1.54, 1.807) is 0 Å². The lowest BCUT2D eigenvalue weighted by Gasteiger charge is -2.40. The number of hydrogen-bond donors (Lipinski definition) is 0. The van der Waals surface area contributed by atoms with Crippen LogP contribution in [0, 0.1) is 30.3 Å². The third kappa shape index (κ3) is 32.8. The zero-order chi connectivity index (χ0) is 45.9. The zero-order valence-corrected chi connectivity index (χ0v) is 40.8. The van der Waals surface area contributed by atoms with Gasteiger partial charge in [-0.15, -0.1) is 0 Å². The lowest BCUT2D eigenvalue weighted by molar-refractivity contribution is -0.929. The number of rotatable bonds is 44. The van der Waals surface area contributed by atoms with Crippen molar-refractivity contribution in [3.8, 4) is 5.75 Å². The van der Waals surface area contributed by atoms with E-state index >= 15 is 0 Å². The Balaban J connectivity index is 0.00000193. The molecule has 0 aliphatic rings. The van der Waals surface area contributed by atoms with Gasteiger partial charge in [0.15, 0.2) is 0 Å². The summed E-state index contributed by atoms with van der Waals surface area (Å²) in [6, 6.07) is 0.769. The number of quaternary nitrogens is 1. The highest BCUT2D eigenvalue weighted by molar-refractivity contribution is 5.64. The number of hydrogen-bond acceptors (Lipinski definition) is 7. The van der Waals surface area contributed by atoms with Gasteiger partial charge in [-0.05, 0) is 51.4 Å². The normalized spacial score (nSPS) is 11.4. The fraction of sp³-hybridized carbons (Fsp3) is 0.882. The van der Waals surface area contributed by atoms with E-state index < -0.39 is 37.6 Å². The van der Waals surface area contributed by atoms with Crippen LogP contribution in [0.4, 0.5) is 17.1 Å². The van der Waals surface area contributed by atoms with Crippen LogP contribution in [0.2, 0.25) is 0 Å². The largest absolute Gasteiger partial charge is 0.863 e. The molecular formula is C51H96N4O7. The predicted molar refractivity (Wildman–Crippen MR) is 259 cm³/mol. The molecule has 0 N–H and O–H groups in total. The Hall–Kier alpha value is -2.82. The van der Waals surface area contributed by atoms with E-state index in [-0.39, 0.29) is 0 Å². The van der Waals surface area contributed by atoms with Crippen molar-refractivity contribution in [1.82, 2.24) is 0 Å². The van der Waals surface area contributed by atoms with Crippen LogP contribution in [0.3, 0.4) is 0 Å². The van der Waals surface area contributed by atoms with Crippen LogP contribution in [0.5, 0.6) is 5.75 Å². The Morgan fingerprint density at radius 1 is 0.339 bits per heavy atom. The monoisotopic (exact) mass is 877 g/mol. The molecule has 11 heteroatoms. The van der Waals surface area contributed by atoms with Crippen molar-refractivity contribution >= 4 is 17.1 Å². The Kier molecular flexibility index (Phi) is 40.2. The number of benzene rings is 1. The van der Waals surface area contributed by atoms with Crippen LogP contribution < -0.4 is 5.11 Å². The summed E-state index contributed by atoms with van der Waals surface area (Å²) in [5, 5.41) is 42.1. The molecular weight excluding hydrogens is 781 g/mol. The maximum absolute atomic E-state index is 11.1. The van der Waals surface area contributed by atoms with E-state index in [4.69, 9.17) is 0 Å². The van der Waals surface area contributed by atoms with Gasteiger partial charge in [0, 0.05) is 0 Å². The number of non-ortho nitro benzene ring substituents is 1. The van der Waals surface area contributed by atoms with Crippen LogP contribution in [-0.4, -0.2) is 45.4 Å². The van der Waals surface area contributed by atoms with Crippen molar-refractivity contribution < 1.29 is 24.4 Å². The predicted octanol–water partition coefficient (Wildman–Crippen LogP) is 16.8. The van der Waals surface area contributed by atoms with Crippen LogP contribution >= 0.6 is 0 Å². The topological polar surface area (TPSA) is 152 Å². The molecule has 1 aromatic rings. The van der Waals surface area contributed by atoms with Gasteiger partial charge in [-0.25, -0.2) is 0 Å². The molecule has 62 heavy (non-hydrogen) atoms. The average molecular weight is 877 g/mol. The second kappa shape index (κ2) is 42.1. The maximum atomic E-state index is 11.1. The Bertz CT molecular complexity index is 1150. The minimum atomic E-state index is -1.46. The van der Waals surface area contributed by atoms with E-state index in [0.29, 0.717) is 12.1 Å². The molecule has 0 bridgehead atoms. The van der Waals surface area contributed by atoms with Gasteiger partial charge >= 0.3 is 0 Å². The van der Waals surface area contributed by atoms with E-state index in [1.807, 2.05) is 0 Å². The van der Waals surface area contributed by atoms with Gasteiger partial charge in [-0.3, -0.25) is 30.3 Å². The minimum Gasteiger partial charge on any atom is -0.863 e. The molecule has 0 radical (unpaired) electrons. The summed E-state index contributed by atoms with van der Waals surface area (Å²) >= 11 is 0. The first kappa shape index (κ1) is 59.2. The van der Waals surface area contributed by atoms with Crippen LogP contribution in [0.1, 0.15) is 265 Å². The van der Waals surface area contributed by atoms with Crippen molar-refractivity contribution in [2.45, 2.75) is 265 Å². The average Bonchev–Trinajstić information content (AvgIpc) is 3.25. The summed E-state index contributed by atoms with van der Waals surface area (Å²) in [5.41, 5.74) is -3.26. The summed E-state index contributed by atoms with van der Waals surface area (Å²) in [5.74, 6) is -1.46. The van der Waals surface area contributed by atoms with Crippen molar-refractivity contribution in [3.05, 3.63) is 42.5 Å². The summed E-state index contributed by atoms with van der Waals surface area (Å²) in [6.07, 6.45) is 54.2. The summed E-state index contributed by atoms with van der Waals surface area (Å²) < 4.78 is 1.48. The molecule has 0 aromatic heterocycles. The molecule has 1 rings (SSSR count).